The van der Waals surface area contributed by atoms with Crippen LogP contribution in [0.5, 0.6) is 0 Å². The molecule has 0 unspecified atom stereocenters. The number of hydrogen-bond acceptors (Lipinski definition) is 2. The van der Waals surface area contributed by atoms with Crippen molar-refractivity contribution in [3.8, 4) is 0 Å². The highest BCUT2D eigenvalue weighted by molar-refractivity contribution is 5.79. The van der Waals surface area contributed by atoms with Gasteiger partial charge in [-0.25, -0.2) is 0 Å². The van der Waals surface area contributed by atoms with Gasteiger partial charge in [0.25, 0.3) is 0 Å². The van der Waals surface area contributed by atoms with E-state index in [1.54, 1.807) is 7.11 Å². The van der Waals surface area contributed by atoms with E-state index in [1.807, 2.05) is 7.05 Å². The Morgan fingerprint density at radius 2 is 2.00 bits per heavy atom. The normalized spacial score (nSPS) is 19.3. The van der Waals surface area contributed by atoms with Crippen LogP contribution in [0.15, 0.2) is 4.99 Å². The number of methoxy groups -OCH3 is 1. The molecule has 0 bridgehead atoms. The van der Waals surface area contributed by atoms with Crippen LogP contribution < -0.4 is 10.6 Å². The van der Waals surface area contributed by atoms with Crippen molar-refractivity contribution < 1.29 is 4.74 Å². The van der Waals surface area contributed by atoms with Gasteiger partial charge in [0.1, 0.15) is 0 Å². The van der Waals surface area contributed by atoms with E-state index < -0.39 is 0 Å². The van der Waals surface area contributed by atoms with Gasteiger partial charge in [-0.3, -0.25) is 4.99 Å². The Morgan fingerprint density at radius 1 is 1.33 bits per heavy atom. The fraction of sp³-hybridized carbons (Fsp3) is 0.929. The molecule has 106 valence electrons. The average molecular weight is 255 g/mol. The summed E-state index contributed by atoms with van der Waals surface area (Å²) in [6.07, 6.45) is 5.31. The molecule has 0 aromatic rings. The molecule has 0 radical (unpaired) electrons. The van der Waals surface area contributed by atoms with Gasteiger partial charge in [0.05, 0.1) is 5.60 Å². The Morgan fingerprint density at radius 3 is 2.39 bits per heavy atom. The quantitative estimate of drug-likeness (QED) is 0.565. The Labute approximate surface area is 112 Å². The first-order valence-electron chi connectivity index (χ1n) is 6.97. The molecule has 1 fully saturated rings. The van der Waals surface area contributed by atoms with Crippen molar-refractivity contribution in [1.82, 2.24) is 10.6 Å². The second-order valence-electron chi connectivity index (χ2n) is 5.95. The molecule has 0 saturated heterocycles. The Bertz CT molecular complexity index is 277. The minimum absolute atomic E-state index is 0.170. The largest absolute Gasteiger partial charge is 0.377 e. The van der Waals surface area contributed by atoms with Crippen molar-refractivity contribution in [3.63, 3.8) is 0 Å². The molecule has 4 heteroatoms. The molecule has 0 aliphatic heterocycles. The first kappa shape index (κ1) is 15.3. The molecule has 2 N–H and O–H groups in total. The zero-order chi connectivity index (χ0) is 13.6. The maximum atomic E-state index is 5.39. The standard InChI is InChI=1S/C14H29N3O/c1-6-14(8-7-9-14)11-17-12(15-4)16-10-13(2,3)18-5/h6-11H2,1-5H3,(H2,15,16,17). The minimum atomic E-state index is -0.170. The second-order valence-corrected chi connectivity index (χ2v) is 5.95. The number of aliphatic imine (C=N–C) groups is 1. The number of rotatable bonds is 6. The van der Waals surface area contributed by atoms with E-state index in [-0.39, 0.29) is 5.60 Å². The van der Waals surface area contributed by atoms with E-state index in [1.165, 1.54) is 25.7 Å². The predicted octanol–water partition coefficient (Wildman–Crippen LogP) is 2.16. The number of ether oxygens (including phenoxy) is 1. The molecular weight excluding hydrogens is 226 g/mol. The summed E-state index contributed by atoms with van der Waals surface area (Å²) >= 11 is 0. The molecule has 1 rings (SSSR count). The SMILES string of the molecule is CCC1(CNC(=NC)NCC(C)(C)OC)CCC1. The van der Waals surface area contributed by atoms with Crippen LogP contribution in [-0.2, 0) is 4.74 Å². The van der Waals surface area contributed by atoms with E-state index in [0.29, 0.717) is 5.41 Å². The van der Waals surface area contributed by atoms with Gasteiger partial charge in [-0.1, -0.05) is 13.3 Å². The summed E-state index contributed by atoms with van der Waals surface area (Å²) in [5, 5.41) is 6.76. The third-order valence-electron chi connectivity index (χ3n) is 4.25. The van der Waals surface area contributed by atoms with E-state index >= 15 is 0 Å². The van der Waals surface area contributed by atoms with Gasteiger partial charge < -0.3 is 15.4 Å². The number of guanidine groups is 1. The smallest absolute Gasteiger partial charge is 0.191 e. The lowest BCUT2D eigenvalue weighted by Crippen LogP contribution is -2.49. The minimum Gasteiger partial charge on any atom is -0.377 e. The highest BCUT2D eigenvalue weighted by Gasteiger charge is 2.34. The van der Waals surface area contributed by atoms with Crippen molar-refractivity contribution in [2.75, 3.05) is 27.2 Å². The molecule has 4 nitrogen and oxygen atoms in total. The summed E-state index contributed by atoms with van der Waals surface area (Å²) in [6.45, 7) is 8.18. The number of hydrogen-bond donors (Lipinski definition) is 2. The molecule has 0 atom stereocenters. The van der Waals surface area contributed by atoms with E-state index in [2.05, 4.69) is 36.4 Å². The van der Waals surface area contributed by atoms with Crippen LogP contribution in [0.2, 0.25) is 0 Å². The van der Waals surface area contributed by atoms with E-state index in [0.717, 1.165) is 19.0 Å². The Hall–Kier alpha value is -0.770. The second kappa shape index (κ2) is 6.41. The first-order chi connectivity index (χ1) is 8.47. The van der Waals surface area contributed by atoms with Gasteiger partial charge in [0, 0.05) is 27.2 Å². The molecule has 1 aliphatic rings. The van der Waals surface area contributed by atoms with Crippen molar-refractivity contribution in [1.29, 1.82) is 0 Å². The van der Waals surface area contributed by atoms with Crippen molar-refractivity contribution in [2.45, 2.75) is 52.1 Å². The highest BCUT2D eigenvalue weighted by Crippen LogP contribution is 2.42. The van der Waals surface area contributed by atoms with Gasteiger partial charge in [0.15, 0.2) is 5.96 Å². The Balaban J connectivity index is 2.34. The third-order valence-corrected chi connectivity index (χ3v) is 4.25. The molecule has 0 spiro atoms. The van der Waals surface area contributed by atoms with Crippen molar-refractivity contribution in [3.05, 3.63) is 0 Å². The topological polar surface area (TPSA) is 45.7 Å². The molecule has 1 saturated carbocycles. The summed E-state index contributed by atoms with van der Waals surface area (Å²) < 4.78 is 5.39. The van der Waals surface area contributed by atoms with Gasteiger partial charge in [-0.2, -0.15) is 0 Å². The summed E-state index contributed by atoms with van der Waals surface area (Å²) in [5.74, 6) is 0.875. The van der Waals surface area contributed by atoms with Gasteiger partial charge in [0.2, 0.25) is 0 Å². The summed E-state index contributed by atoms with van der Waals surface area (Å²) in [7, 11) is 3.55. The molecule has 1 aliphatic carbocycles. The zero-order valence-corrected chi connectivity index (χ0v) is 12.6. The Kier molecular flexibility index (Phi) is 5.45. The number of nitrogens with zero attached hydrogens (tertiary/aromatic N) is 1. The van der Waals surface area contributed by atoms with Crippen molar-refractivity contribution >= 4 is 5.96 Å². The van der Waals surface area contributed by atoms with Crippen LogP contribution in [0, 0.1) is 5.41 Å². The monoisotopic (exact) mass is 255 g/mol. The van der Waals surface area contributed by atoms with Gasteiger partial charge in [-0.15, -0.1) is 0 Å². The molecule has 0 heterocycles. The lowest BCUT2D eigenvalue weighted by Gasteiger charge is -2.41. The van der Waals surface area contributed by atoms with Crippen LogP contribution in [0.25, 0.3) is 0 Å². The fourth-order valence-electron chi connectivity index (χ4n) is 2.19. The summed E-state index contributed by atoms with van der Waals surface area (Å²) in [5.41, 5.74) is 0.338. The summed E-state index contributed by atoms with van der Waals surface area (Å²) in [6, 6.07) is 0. The van der Waals surface area contributed by atoms with E-state index in [9.17, 15) is 0 Å². The van der Waals surface area contributed by atoms with Crippen molar-refractivity contribution in [2.24, 2.45) is 10.4 Å². The first-order valence-corrected chi connectivity index (χ1v) is 6.97. The molecule has 0 aromatic heterocycles. The van der Waals surface area contributed by atoms with Crippen LogP contribution in [-0.4, -0.2) is 38.8 Å². The van der Waals surface area contributed by atoms with Gasteiger partial charge >= 0.3 is 0 Å². The zero-order valence-electron chi connectivity index (χ0n) is 12.6. The number of nitrogens with one attached hydrogen (secondary N) is 2. The lowest BCUT2D eigenvalue weighted by molar-refractivity contribution is 0.0267. The van der Waals surface area contributed by atoms with E-state index in [4.69, 9.17) is 4.74 Å². The third kappa shape index (κ3) is 4.16. The molecule has 0 amide bonds. The van der Waals surface area contributed by atoms with Crippen LogP contribution >= 0.6 is 0 Å². The molecular formula is C14H29N3O. The predicted molar refractivity (Wildman–Crippen MR) is 77.0 cm³/mol. The molecule has 0 aromatic carbocycles. The maximum Gasteiger partial charge on any atom is 0.191 e. The van der Waals surface area contributed by atoms with Crippen LogP contribution in [0.3, 0.4) is 0 Å². The van der Waals surface area contributed by atoms with Crippen LogP contribution in [0.1, 0.15) is 46.5 Å². The lowest BCUT2D eigenvalue weighted by atomic mass is 9.67. The molecule has 18 heavy (non-hydrogen) atoms. The van der Waals surface area contributed by atoms with Crippen LogP contribution in [0.4, 0.5) is 0 Å². The summed E-state index contributed by atoms with van der Waals surface area (Å²) in [4.78, 5) is 4.26. The average Bonchev–Trinajstić information content (AvgIpc) is 2.32. The highest BCUT2D eigenvalue weighted by atomic mass is 16.5. The van der Waals surface area contributed by atoms with Gasteiger partial charge in [-0.05, 0) is 38.5 Å². The fourth-order valence-corrected chi connectivity index (χ4v) is 2.19. The maximum absolute atomic E-state index is 5.39.